The van der Waals surface area contributed by atoms with Gasteiger partial charge in [-0.05, 0) is 59.5 Å². The predicted octanol–water partition coefficient (Wildman–Crippen LogP) is 6.00. The molecular formula is C26H20BrN3O3S. The number of amides is 2. The van der Waals surface area contributed by atoms with Gasteiger partial charge in [-0.15, -0.1) is 11.3 Å². The van der Waals surface area contributed by atoms with Gasteiger partial charge >= 0.3 is 0 Å². The fourth-order valence-corrected chi connectivity index (χ4v) is 4.78. The van der Waals surface area contributed by atoms with Gasteiger partial charge in [-0.1, -0.05) is 52.3 Å². The van der Waals surface area contributed by atoms with Crippen LogP contribution in [0, 0.1) is 0 Å². The lowest BCUT2D eigenvalue weighted by molar-refractivity contribution is 0.0494. The molecule has 0 saturated carbocycles. The van der Waals surface area contributed by atoms with Crippen LogP contribution in [0.2, 0.25) is 0 Å². The Balaban J connectivity index is 1.33. The van der Waals surface area contributed by atoms with Crippen LogP contribution >= 0.6 is 27.3 Å². The Morgan fingerprint density at radius 1 is 1.03 bits per heavy atom. The Hall–Kier alpha value is -3.62. The van der Waals surface area contributed by atoms with Crippen LogP contribution in [-0.4, -0.2) is 16.8 Å². The van der Waals surface area contributed by atoms with Crippen molar-refractivity contribution < 1.29 is 14.3 Å². The Labute approximate surface area is 209 Å². The summed E-state index contributed by atoms with van der Waals surface area (Å²) >= 11 is 4.93. The first-order valence-corrected chi connectivity index (χ1v) is 12.3. The molecule has 1 aliphatic heterocycles. The smallest absolute Gasteiger partial charge is 0.276 e. The maximum absolute atomic E-state index is 13.4. The quantitative estimate of drug-likeness (QED) is 0.318. The molecule has 0 aliphatic carbocycles. The molecule has 0 spiro atoms. The van der Waals surface area contributed by atoms with Crippen LogP contribution < -0.4 is 15.5 Å². The van der Waals surface area contributed by atoms with Crippen molar-refractivity contribution in [2.75, 3.05) is 5.32 Å². The number of carbonyl (C=O) groups is 2. The Morgan fingerprint density at radius 2 is 1.82 bits per heavy atom. The number of hydrogen-bond acceptors (Lipinski definition) is 5. The second kappa shape index (κ2) is 9.70. The molecule has 1 atom stereocenters. The van der Waals surface area contributed by atoms with Gasteiger partial charge in [-0.2, -0.15) is 0 Å². The molecule has 8 heteroatoms. The largest absolute Gasteiger partial charge is 0.489 e. The molecule has 4 aromatic rings. The number of rotatable bonds is 6. The molecule has 2 heterocycles. The zero-order valence-corrected chi connectivity index (χ0v) is 20.3. The van der Waals surface area contributed by atoms with Crippen molar-refractivity contribution in [2.24, 2.45) is 0 Å². The van der Waals surface area contributed by atoms with E-state index in [0.717, 1.165) is 20.6 Å². The molecule has 0 fully saturated rings. The third kappa shape index (κ3) is 4.69. The average molecular weight is 534 g/mol. The van der Waals surface area contributed by atoms with E-state index in [1.54, 1.807) is 30.3 Å². The number of carbonyl (C=O) groups excluding carboxylic acids is 2. The highest BCUT2D eigenvalue weighted by atomic mass is 79.9. The lowest BCUT2D eigenvalue weighted by Gasteiger charge is -2.37. The van der Waals surface area contributed by atoms with Gasteiger partial charge < -0.3 is 10.1 Å². The molecule has 0 radical (unpaired) electrons. The van der Waals surface area contributed by atoms with E-state index >= 15 is 0 Å². The van der Waals surface area contributed by atoms with Crippen molar-refractivity contribution in [2.45, 2.75) is 12.8 Å². The third-order valence-corrected chi connectivity index (χ3v) is 6.80. The minimum atomic E-state index is -0.515. The molecule has 170 valence electrons. The summed E-state index contributed by atoms with van der Waals surface area (Å²) < 4.78 is 6.59. The van der Waals surface area contributed by atoms with Gasteiger partial charge in [-0.25, -0.2) is 5.01 Å². The Kier molecular flexibility index (Phi) is 6.33. The van der Waals surface area contributed by atoms with Gasteiger partial charge in [0.05, 0.1) is 5.56 Å². The van der Waals surface area contributed by atoms with Crippen molar-refractivity contribution in [1.82, 2.24) is 10.4 Å². The van der Waals surface area contributed by atoms with E-state index in [4.69, 9.17) is 4.74 Å². The van der Waals surface area contributed by atoms with Crippen molar-refractivity contribution >= 4 is 44.8 Å². The highest BCUT2D eigenvalue weighted by Gasteiger charge is 2.35. The molecular weight excluding hydrogens is 514 g/mol. The molecule has 0 bridgehead atoms. The van der Waals surface area contributed by atoms with Gasteiger partial charge in [0.25, 0.3) is 11.8 Å². The summed E-state index contributed by atoms with van der Waals surface area (Å²) in [6, 6.07) is 26.0. The van der Waals surface area contributed by atoms with Crippen LogP contribution in [0.4, 0.5) is 5.69 Å². The lowest BCUT2D eigenvalue weighted by Crippen LogP contribution is -2.52. The van der Waals surface area contributed by atoms with E-state index in [0.29, 0.717) is 23.5 Å². The number of hydrogen-bond donors (Lipinski definition) is 2. The second-order valence-corrected chi connectivity index (χ2v) is 9.56. The van der Waals surface area contributed by atoms with Gasteiger partial charge in [-0.3, -0.25) is 15.0 Å². The first-order valence-electron chi connectivity index (χ1n) is 10.6. The number of anilines is 1. The minimum Gasteiger partial charge on any atom is -0.489 e. The number of halogens is 1. The summed E-state index contributed by atoms with van der Waals surface area (Å²) in [7, 11) is 0. The van der Waals surface area contributed by atoms with Crippen LogP contribution in [0.1, 0.15) is 37.3 Å². The topological polar surface area (TPSA) is 70.7 Å². The Morgan fingerprint density at radius 3 is 2.56 bits per heavy atom. The fourth-order valence-electron chi connectivity index (χ4n) is 3.66. The number of hydrazine groups is 1. The molecule has 0 unspecified atom stereocenters. The van der Waals surface area contributed by atoms with Crippen LogP contribution in [0.25, 0.3) is 0 Å². The van der Waals surface area contributed by atoms with Crippen molar-refractivity contribution in [3.63, 3.8) is 0 Å². The van der Waals surface area contributed by atoms with Crippen molar-refractivity contribution in [3.05, 3.63) is 116 Å². The van der Waals surface area contributed by atoms with E-state index in [1.807, 2.05) is 60.0 Å². The number of benzene rings is 3. The molecule has 5 rings (SSSR count). The SMILES string of the molecule is O=C(NN1C(=O)c2cc(Br)ccc2N[C@H]1c1cccs1)c1ccc(OCc2ccccc2)cc1. The molecule has 6 nitrogen and oxygen atoms in total. The van der Waals surface area contributed by atoms with Gasteiger partial charge in [0.1, 0.15) is 12.4 Å². The van der Waals surface area contributed by atoms with Gasteiger partial charge in [0, 0.05) is 20.6 Å². The molecule has 34 heavy (non-hydrogen) atoms. The summed E-state index contributed by atoms with van der Waals surface area (Å²) in [5.74, 6) is -0.0132. The molecule has 1 aromatic heterocycles. The zero-order chi connectivity index (χ0) is 23.5. The number of nitrogens with zero attached hydrogens (tertiary/aromatic N) is 1. The average Bonchev–Trinajstić information content (AvgIpc) is 3.40. The van der Waals surface area contributed by atoms with Crippen LogP contribution in [0.3, 0.4) is 0 Å². The standard InChI is InChI=1S/C26H20BrN3O3S/c27-19-10-13-22-21(15-19)26(32)30(24(28-22)23-7-4-14-34-23)29-25(31)18-8-11-20(12-9-18)33-16-17-5-2-1-3-6-17/h1-15,24,28H,16H2,(H,29,31)/t24-/m1/s1. The maximum Gasteiger partial charge on any atom is 0.276 e. The van der Waals surface area contributed by atoms with Crippen LogP contribution in [0.15, 0.2) is 94.8 Å². The molecule has 3 aromatic carbocycles. The van der Waals surface area contributed by atoms with E-state index in [2.05, 4.69) is 26.7 Å². The number of thiophene rings is 1. The molecule has 0 saturated heterocycles. The monoisotopic (exact) mass is 533 g/mol. The number of ether oxygens (including phenoxy) is 1. The van der Waals surface area contributed by atoms with E-state index in [9.17, 15) is 9.59 Å². The predicted molar refractivity (Wildman–Crippen MR) is 136 cm³/mol. The fraction of sp³-hybridized carbons (Fsp3) is 0.0769. The summed E-state index contributed by atoms with van der Waals surface area (Å²) in [5.41, 5.74) is 5.48. The van der Waals surface area contributed by atoms with Crippen molar-refractivity contribution in [1.29, 1.82) is 0 Å². The summed E-state index contributed by atoms with van der Waals surface area (Å²) in [6.07, 6.45) is -0.515. The highest BCUT2D eigenvalue weighted by molar-refractivity contribution is 9.10. The van der Waals surface area contributed by atoms with Gasteiger partial charge in [0.15, 0.2) is 6.17 Å². The minimum absolute atomic E-state index is 0.287. The number of nitrogens with one attached hydrogen (secondary N) is 2. The van der Waals surface area contributed by atoms with E-state index in [-0.39, 0.29) is 11.8 Å². The molecule has 1 aliphatic rings. The van der Waals surface area contributed by atoms with E-state index in [1.165, 1.54) is 16.3 Å². The molecule has 2 N–H and O–H groups in total. The maximum atomic E-state index is 13.4. The lowest BCUT2D eigenvalue weighted by atomic mass is 10.1. The Bertz CT molecular complexity index is 1310. The summed E-state index contributed by atoms with van der Waals surface area (Å²) in [4.78, 5) is 27.3. The first kappa shape index (κ1) is 22.2. The highest BCUT2D eigenvalue weighted by Crippen LogP contribution is 2.35. The van der Waals surface area contributed by atoms with Gasteiger partial charge in [0.2, 0.25) is 0 Å². The summed E-state index contributed by atoms with van der Waals surface area (Å²) in [6.45, 7) is 0.442. The summed E-state index contributed by atoms with van der Waals surface area (Å²) in [5, 5.41) is 6.65. The van der Waals surface area contributed by atoms with Crippen molar-refractivity contribution in [3.8, 4) is 5.75 Å². The molecule has 2 amide bonds. The third-order valence-electron chi connectivity index (χ3n) is 5.38. The van der Waals surface area contributed by atoms with E-state index < -0.39 is 6.17 Å². The second-order valence-electron chi connectivity index (χ2n) is 7.67. The van der Waals surface area contributed by atoms with Crippen LogP contribution in [0.5, 0.6) is 5.75 Å². The first-order chi connectivity index (χ1) is 16.6. The normalized spacial score (nSPS) is 14.8. The number of fused-ring (bicyclic) bond motifs is 1. The van der Waals surface area contributed by atoms with Crippen LogP contribution in [-0.2, 0) is 6.61 Å². The zero-order valence-electron chi connectivity index (χ0n) is 17.9.